The van der Waals surface area contributed by atoms with E-state index in [1.807, 2.05) is 0 Å². The van der Waals surface area contributed by atoms with Gasteiger partial charge < -0.3 is 0 Å². The van der Waals surface area contributed by atoms with E-state index in [2.05, 4.69) is 4.99 Å². The van der Waals surface area contributed by atoms with Crippen molar-refractivity contribution in [3.63, 3.8) is 0 Å². The van der Waals surface area contributed by atoms with Gasteiger partial charge in [0.1, 0.15) is 0 Å². The standard InChI is InChI=1S/C21H40N2O3/c24-20-22-19-17-15-13-11-9-7-5-3-1-2-4-6-8-10-12-14-16-18-21(25)23-26/h26H,1-19H2,(H,23,25). The number of carbonyl (C=O) groups excluding carboxylic acids is 2. The number of rotatable bonds is 20. The van der Waals surface area contributed by atoms with Crippen molar-refractivity contribution < 1.29 is 14.8 Å². The van der Waals surface area contributed by atoms with Crippen LogP contribution in [0, 0.1) is 0 Å². The van der Waals surface area contributed by atoms with Crippen molar-refractivity contribution in [3.05, 3.63) is 0 Å². The van der Waals surface area contributed by atoms with Gasteiger partial charge in [-0.3, -0.25) is 10.0 Å². The number of nitrogens with zero attached hydrogens (tertiary/aromatic N) is 1. The monoisotopic (exact) mass is 368 g/mol. The van der Waals surface area contributed by atoms with Crippen molar-refractivity contribution in [3.8, 4) is 0 Å². The molecule has 0 rings (SSSR count). The number of hydrogen-bond acceptors (Lipinski definition) is 4. The summed E-state index contributed by atoms with van der Waals surface area (Å²) in [6, 6.07) is 0. The molecule has 5 nitrogen and oxygen atoms in total. The number of nitrogens with one attached hydrogen (secondary N) is 1. The first-order chi connectivity index (χ1) is 12.8. The van der Waals surface area contributed by atoms with Gasteiger partial charge in [-0.1, -0.05) is 96.3 Å². The van der Waals surface area contributed by atoms with Crippen LogP contribution in [0.4, 0.5) is 0 Å². The lowest BCUT2D eigenvalue weighted by Crippen LogP contribution is -2.17. The average molecular weight is 369 g/mol. The molecule has 0 radical (unpaired) electrons. The van der Waals surface area contributed by atoms with Crippen LogP contribution in [0.25, 0.3) is 0 Å². The highest BCUT2D eigenvalue weighted by Crippen LogP contribution is 2.14. The lowest BCUT2D eigenvalue weighted by molar-refractivity contribution is -0.129. The quantitative estimate of drug-likeness (QED) is 0.0930. The zero-order valence-corrected chi connectivity index (χ0v) is 16.6. The van der Waals surface area contributed by atoms with Crippen LogP contribution in [0.1, 0.15) is 116 Å². The maximum Gasteiger partial charge on any atom is 0.243 e. The number of carbonyl (C=O) groups is 1. The Labute approximate surface area is 160 Å². The second-order valence-corrected chi connectivity index (χ2v) is 7.27. The molecular formula is C21H40N2O3. The highest BCUT2D eigenvalue weighted by Gasteiger charge is 1.98. The van der Waals surface area contributed by atoms with Gasteiger partial charge >= 0.3 is 0 Å². The maximum absolute atomic E-state index is 10.8. The van der Waals surface area contributed by atoms with E-state index in [-0.39, 0.29) is 5.91 Å². The largest absolute Gasteiger partial charge is 0.289 e. The van der Waals surface area contributed by atoms with Crippen LogP contribution >= 0.6 is 0 Å². The second kappa shape index (κ2) is 21.9. The molecule has 0 saturated heterocycles. The summed E-state index contributed by atoms with van der Waals surface area (Å²) in [6.07, 6.45) is 23.4. The highest BCUT2D eigenvalue weighted by atomic mass is 16.5. The molecule has 5 heteroatoms. The number of isocyanates is 1. The minimum atomic E-state index is -0.272. The minimum absolute atomic E-state index is 0.272. The molecule has 0 aromatic carbocycles. The van der Waals surface area contributed by atoms with Crippen LogP contribution in [0.2, 0.25) is 0 Å². The van der Waals surface area contributed by atoms with Crippen LogP contribution in [0.15, 0.2) is 4.99 Å². The number of unbranched alkanes of at least 4 members (excludes halogenated alkanes) is 16. The molecule has 0 fully saturated rings. The molecule has 0 aliphatic heterocycles. The maximum atomic E-state index is 10.8. The summed E-state index contributed by atoms with van der Waals surface area (Å²) >= 11 is 0. The third kappa shape index (κ3) is 20.9. The van der Waals surface area contributed by atoms with Crippen molar-refractivity contribution in [2.75, 3.05) is 6.54 Å². The SMILES string of the molecule is O=C=NCCCCCCCCCCCCCCCCCCCC(=O)NO. The molecule has 0 spiro atoms. The number of hydrogen-bond donors (Lipinski definition) is 2. The normalized spacial score (nSPS) is 10.5. The molecule has 2 N–H and O–H groups in total. The number of amides is 1. The summed E-state index contributed by atoms with van der Waals surface area (Å²) in [5.41, 5.74) is 1.67. The molecule has 26 heavy (non-hydrogen) atoms. The number of aliphatic imine (C=N–C) groups is 1. The van der Waals surface area contributed by atoms with Gasteiger partial charge in [0.2, 0.25) is 12.0 Å². The molecule has 0 atom stereocenters. The lowest BCUT2D eigenvalue weighted by Gasteiger charge is -2.03. The predicted octanol–water partition coefficient (Wildman–Crippen LogP) is 5.85. The third-order valence-electron chi connectivity index (χ3n) is 4.86. The zero-order chi connectivity index (χ0) is 19.1. The van der Waals surface area contributed by atoms with E-state index in [1.165, 1.54) is 89.9 Å². The molecule has 1 amide bonds. The van der Waals surface area contributed by atoms with E-state index >= 15 is 0 Å². The van der Waals surface area contributed by atoms with Gasteiger partial charge in [0.15, 0.2) is 0 Å². The van der Waals surface area contributed by atoms with Gasteiger partial charge in [-0.15, -0.1) is 0 Å². The van der Waals surface area contributed by atoms with E-state index in [4.69, 9.17) is 5.21 Å². The fourth-order valence-electron chi connectivity index (χ4n) is 3.23. The van der Waals surface area contributed by atoms with E-state index in [9.17, 15) is 9.59 Å². The van der Waals surface area contributed by atoms with E-state index < -0.39 is 0 Å². The molecule has 152 valence electrons. The van der Waals surface area contributed by atoms with Crippen molar-refractivity contribution in [2.45, 2.75) is 116 Å². The van der Waals surface area contributed by atoms with Crippen LogP contribution in [-0.4, -0.2) is 23.7 Å². The lowest BCUT2D eigenvalue weighted by atomic mass is 10.0. The van der Waals surface area contributed by atoms with Crippen LogP contribution < -0.4 is 5.48 Å². The summed E-state index contributed by atoms with van der Waals surface area (Å²) in [5, 5.41) is 8.38. The minimum Gasteiger partial charge on any atom is -0.289 e. The molecule has 0 unspecified atom stereocenters. The Morgan fingerprint density at radius 2 is 1.00 bits per heavy atom. The van der Waals surface area contributed by atoms with Crippen molar-refractivity contribution in [1.29, 1.82) is 0 Å². The van der Waals surface area contributed by atoms with Crippen molar-refractivity contribution in [1.82, 2.24) is 5.48 Å². The highest BCUT2D eigenvalue weighted by molar-refractivity contribution is 5.74. The molecule has 0 aliphatic carbocycles. The molecule has 0 aliphatic rings. The fraction of sp³-hybridized carbons (Fsp3) is 0.905. The fourth-order valence-corrected chi connectivity index (χ4v) is 3.23. The van der Waals surface area contributed by atoms with Gasteiger partial charge in [0, 0.05) is 6.42 Å². The zero-order valence-electron chi connectivity index (χ0n) is 16.6. The number of hydroxylamine groups is 1. The van der Waals surface area contributed by atoms with Crippen LogP contribution in [0.5, 0.6) is 0 Å². The first-order valence-electron chi connectivity index (χ1n) is 10.8. The first kappa shape index (κ1) is 24.8. The van der Waals surface area contributed by atoms with Crippen molar-refractivity contribution in [2.24, 2.45) is 4.99 Å². The Morgan fingerprint density at radius 3 is 1.35 bits per heavy atom. The molecule has 0 bridgehead atoms. The van der Waals surface area contributed by atoms with Gasteiger partial charge in [-0.25, -0.2) is 15.3 Å². The third-order valence-corrected chi connectivity index (χ3v) is 4.86. The summed E-state index contributed by atoms with van der Waals surface area (Å²) in [7, 11) is 0. The van der Waals surface area contributed by atoms with E-state index in [0.717, 1.165) is 19.3 Å². The van der Waals surface area contributed by atoms with Gasteiger partial charge in [-0.05, 0) is 12.8 Å². The van der Waals surface area contributed by atoms with E-state index in [1.54, 1.807) is 11.6 Å². The first-order valence-corrected chi connectivity index (χ1v) is 10.8. The predicted molar refractivity (Wildman–Crippen MR) is 106 cm³/mol. The molecule has 0 saturated carbocycles. The summed E-state index contributed by atoms with van der Waals surface area (Å²) < 4.78 is 0. The second-order valence-electron chi connectivity index (χ2n) is 7.27. The Hall–Kier alpha value is -1.19. The Morgan fingerprint density at radius 1 is 0.654 bits per heavy atom. The Bertz CT molecular complexity index is 355. The van der Waals surface area contributed by atoms with Gasteiger partial charge in [0.25, 0.3) is 0 Å². The van der Waals surface area contributed by atoms with Crippen molar-refractivity contribution >= 4 is 12.0 Å². The smallest absolute Gasteiger partial charge is 0.243 e. The molecule has 0 aromatic rings. The topological polar surface area (TPSA) is 78.8 Å². The average Bonchev–Trinajstić information content (AvgIpc) is 2.66. The summed E-state index contributed by atoms with van der Waals surface area (Å²) in [6.45, 7) is 0.646. The van der Waals surface area contributed by atoms with Crippen LogP contribution in [-0.2, 0) is 9.59 Å². The molecule has 0 heterocycles. The molecular weight excluding hydrogens is 328 g/mol. The summed E-state index contributed by atoms with van der Waals surface area (Å²) in [5.74, 6) is -0.272. The van der Waals surface area contributed by atoms with Gasteiger partial charge in [0.05, 0.1) is 6.54 Å². The Balaban J connectivity index is 3.03. The Kier molecular flexibility index (Phi) is 20.9. The molecule has 0 aromatic heterocycles. The summed E-state index contributed by atoms with van der Waals surface area (Å²) in [4.78, 5) is 24.3. The van der Waals surface area contributed by atoms with E-state index in [0.29, 0.717) is 13.0 Å². The van der Waals surface area contributed by atoms with Gasteiger partial charge in [-0.2, -0.15) is 0 Å². The van der Waals surface area contributed by atoms with Crippen LogP contribution in [0.3, 0.4) is 0 Å².